The van der Waals surface area contributed by atoms with Crippen LogP contribution in [0.5, 0.6) is 5.75 Å². The number of carbonyl (C=O) groups excluding carboxylic acids is 1. The molecule has 0 fully saturated rings. The lowest BCUT2D eigenvalue weighted by atomic mass is 10.0. The van der Waals surface area contributed by atoms with Gasteiger partial charge in [-0.25, -0.2) is 4.90 Å². The van der Waals surface area contributed by atoms with E-state index in [1.165, 1.54) is 11.8 Å². The number of anilines is 1. The SMILES string of the molecule is CCC(=O)N1c2ccccc2-c2c(=O)[nH]c(SC)n[n+]2[C@H]1c1ccc(OC)cc1. The molecule has 1 aromatic heterocycles. The number of rotatable bonds is 4. The van der Waals surface area contributed by atoms with Crippen LogP contribution in [0.2, 0.25) is 0 Å². The summed E-state index contributed by atoms with van der Waals surface area (Å²) in [6, 6.07) is 14.9. The van der Waals surface area contributed by atoms with E-state index < -0.39 is 6.17 Å². The fourth-order valence-electron chi connectivity index (χ4n) is 3.58. The molecule has 3 aromatic rings. The number of aromatic nitrogens is 3. The summed E-state index contributed by atoms with van der Waals surface area (Å²) >= 11 is 1.34. The first-order chi connectivity index (χ1) is 14.1. The molecule has 0 radical (unpaired) electrons. The summed E-state index contributed by atoms with van der Waals surface area (Å²) in [7, 11) is 1.61. The minimum Gasteiger partial charge on any atom is -0.497 e. The predicted molar refractivity (Wildman–Crippen MR) is 111 cm³/mol. The molecular weight excluding hydrogens is 388 g/mol. The summed E-state index contributed by atoms with van der Waals surface area (Å²) < 4.78 is 6.93. The van der Waals surface area contributed by atoms with Crippen molar-refractivity contribution in [3.8, 4) is 17.0 Å². The van der Waals surface area contributed by atoms with E-state index in [0.29, 0.717) is 34.3 Å². The van der Waals surface area contributed by atoms with Gasteiger partial charge >= 0.3 is 11.3 Å². The van der Waals surface area contributed by atoms with Crippen molar-refractivity contribution in [2.45, 2.75) is 24.7 Å². The fourth-order valence-corrected chi connectivity index (χ4v) is 3.94. The van der Waals surface area contributed by atoms with Crippen molar-refractivity contribution in [3.05, 3.63) is 64.4 Å². The van der Waals surface area contributed by atoms with Crippen molar-refractivity contribution in [1.29, 1.82) is 0 Å². The summed E-state index contributed by atoms with van der Waals surface area (Å²) in [5.41, 5.74) is 2.40. The molecule has 1 aliphatic rings. The first-order valence-corrected chi connectivity index (χ1v) is 10.5. The van der Waals surface area contributed by atoms with Crippen molar-refractivity contribution >= 4 is 23.4 Å². The van der Waals surface area contributed by atoms with Crippen molar-refractivity contribution in [2.75, 3.05) is 18.3 Å². The van der Waals surface area contributed by atoms with Crippen LogP contribution in [0, 0.1) is 0 Å². The number of methoxy groups -OCH3 is 1. The van der Waals surface area contributed by atoms with Gasteiger partial charge in [-0.05, 0) is 47.3 Å². The molecule has 1 atom stereocenters. The first-order valence-electron chi connectivity index (χ1n) is 9.24. The smallest absolute Gasteiger partial charge is 0.325 e. The quantitative estimate of drug-likeness (QED) is 0.530. The molecule has 0 unspecified atom stereocenters. The summed E-state index contributed by atoms with van der Waals surface area (Å²) in [5, 5.41) is 5.14. The number of H-pyrrole nitrogens is 1. The molecule has 7 nitrogen and oxygen atoms in total. The molecule has 29 heavy (non-hydrogen) atoms. The highest BCUT2D eigenvalue weighted by atomic mass is 32.2. The minimum absolute atomic E-state index is 0.0517. The highest BCUT2D eigenvalue weighted by Gasteiger charge is 2.45. The molecule has 1 aliphatic heterocycles. The Morgan fingerprint density at radius 2 is 1.97 bits per heavy atom. The zero-order valence-electron chi connectivity index (χ0n) is 16.4. The number of nitrogens with zero attached hydrogens (tertiary/aromatic N) is 3. The Morgan fingerprint density at radius 3 is 2.62 bits per heavy atom. The van der Waals surface area contributed by atoms with Gasteiger partial charge in [0.15, 0.2) is 0 Å². The number of ether oxygens (including phenoxy) is 1. The normalized spacial score (nSPS) is 14.9. The van der Waals surface area contributed by atoms with E-state index in [4.69, 9.17) is 4.74 Å². The molecule has 0 saturated heterocycles. The van der Waals surface area contributed by atoms with Gasteiger partial charge in [0.2, 0.25) is 11.1 Å². The van der Waals surface area contributed by atoms with Gasteiger partial charge in [0.1, 0.15) is 5.75 Å². The van der Waals surface area contributed by atoms with E-state index in [1.54, 1.807) is 16.7 Å². The molecular formula is C21H21N4O3S+. The van der Waals surface area contributed by atoms with Gasteiger partial charge in [0, 0.05) is 17.1 Å². The number of hydrogen-bond acceptors (Lipinski definition) is 5. The van der Waals surface area contributed by atoms with Gasteiger partial charge in [-0.3, -0.25) is 14.6 Å². The third-order valence-corrected chi connectivity index (χ3v) is 5.51. The monoisotopic (exact) mass is 409 g/mol. The lowest BCUT2D eigenvalue weighted by Gasteiger charge is -2.32. The topological polar surface area (TPSA) is 79.2 Å². The van der Waals surface area contributed by atoms with Crippen molar-refractivity contribution < 1.29 is 14.2 Å². The van der Waals surface area contributed by atoms with Gasteiger partial charge in [-0.1, -0.05) is 30.8 Å². The molecule has 4 rings (SSSR count). The lowest BCUT2D eigenvalue weighted by molar-refractivity contribution is -0.763. The van der Waals surface area contributed by atoms with Crippen molar-refractivity contribution in [2.24, 2.45) is 0 Å². The molecule has 0 bridgehead atoms. The number of amides is 1. The third-order valence-electron chi connectivity index (χ3n) is 4.94. The Labute approximate surface area is 172 Å². The maximum Gasteiger partial charge on any atom is 0.325 e. The number of carbonyl (C=O) groups is 1. The van der Waals surface area contributed by atoms with Gasteiger partial charge in [0.05, 0.1) is 18.4 Å². The standard InChI is InChI=1S/C21H20N4O3S/c1-4-17(26)24-16-8-6-5-7-15(16)18-19(27)22-21(29-3)23-25(18)20(24)13-9-11-14(28-2)12-10-13/h5-12,20H,4H2,1-3H3/p+1/t20-/m0/s1. The van der Waals surface area contributed by atoms with E-state index in [-0.39, 0.29) is 11.5 Å². The second-order valence-electron chi connectivity index (χ2n) is 6.54. The third kappa shape index (κ3) is 3.19. The van der Waals surface area contributed by atoms with Crippen LogP contribution in [0.3, 0.4) is 0 Å². The van der Waals surface area contributed by atoms with E-state index in [1.807, 2.05) is 61.7 Å². The molecule has 148 valence electrons. The van der Waals surface area contributed by atoms with Crippen LogP contribution in [0.25, 0.3) is 11.3 Å². The van der Waals surface area contributed by atoms with Crippen LogP contribution in [0.15, 0.2) is 58.5 Å². The second kappa shape index (κ2) is 7.71. The number of nitrogens with one attached hydrogen (secondary N) is 1. The fraction of sp³-hybridized carbons (Fsp3) is 0.238. The van der Waals surface area contributed by atoms with Gasteiger partial charge in [-0.2, -0.15) is 0 Å². The van der Waals surface area contributed by atoms with Crippen LogP contribution in [-0.2, 0) is 4.79 Å². The van der Waals surface area contributed by atoms with Gasteiger partial charge < -0.3 is 4.74 Å². The number of para-hydroxylation sites is 1. The molecule has 2 aromatic carbocycles. The summed E-state index contributed by atoms with van der Waals surface area (Å²) in [6.45, 7) is 1.83. The molecule has 2 heterocycles. The minimum atomic E-state index is -0.577. The van der Waals surface area contributed by atoms with Gasteiger partial charge in [0.25, 0.3) is 6.17 Å². The van der Waals surface area contributed by atoms with E-state index >= 15 is 0 Å². The summed E-state index contributed by atoms with van der Waals surface area (Å²) in [4.78, 5) is 30.6. The van der Waals surface area contributed by atoms with Crippen molar-refractivity contribution in [3.63, 3.8) is 0 Å². The average Bonchev–Trinajstić information content (AvgIpc) is 2.77. The van der Waals surface area contributed by atoms with Crippen LogP contribution >= 0.6 is 11.8 Å². The van der Waals surface area contributed by atoms with Crippen LogP contribution in [0.4, 0.5) is 5.69 Å². The van der Waals surface area contributed by atoms with E-state index in [0.717, 1.165) is 5.56 Å². The zero-order valence-corrected chi connectivity index (χ0v) is 17.2. The molecule has 8 heteroatoms. The number of benzene rings is 2. The maximum atomic E-state index is 13.1. The highest BCUT2D eigenvalue weighted by Crippen LogP contribution is 2.37. The molecule has 0 spiro atoms. The van der Waals surface area contributed by atoms with Crippen LogP contribution in [0.1, 0.15) is 25.1 Å². The zero-order chi connectivity index (χ0) is 20.5. The number of aromatic amines is 1. The van der Waals surface area contributed by atoms with Crippen LogP contribution < -0.4 is 19.9 Å². The lowest BCUT2D eigenvalue weighted by Crippen LogP contribution is -2.60. The Hall–Kier alpha value is -3.13. The maximum absolute atomic E-state index is 13.1. The molecule has 0 aliphatic carbocycles. The molecule has 1 amide bonds. The summed E-state index contributed by atoms with van der Waals surface area (Å²) in [5.74, 6) is 0.663. The van der Waals surface area contributed by atoms with Crippen LogP contribution in [-0.4, -0.2) is 29.4 Å². The largest absolute Gasteiger partial charge is 0.497 e. The number of fused-ring (bicyclic) bond motifs is 3. The van der Waals surface area contributed by atoms with Gasteiger partial charge in [-0.15, -0.1) is 0 Å². The number of thioether (sulfide) groups is 1. The Morgan fingerprint density at radius 1 is 1.24 bits per heavy atom. The second-order valence-corrected chi connectivity index (χ2v) is 7.33. The molecule has 0 saturated carbocycles. The predicted octanol–water partition coefficient (Wildman–Crippen LogP) is 2.76. The Balaban J connectivity index is 2.05. The Bertz CT molecular complexity index is 1130. The average molecular weight is 409 g/mol. The summed E-state index contributed by atoms with van der Waals surface area (Å²) in [6.07, 6.45) is 1.60. The van der Waals surface area contributed by atoms with E-state index in [9.17, 15) is 9.59 Å². The first kappa shape index (κ1) is 19.2. The highest BCUT2D eigenvalue weighted by molar-refractivity contribution is 7.98. The van der Waals surface area contributed by atoms with E-state index in [2.05, 4.69) is 10.1 Å². The number of hydrogen-bond donors (Lipinski definition) is 1. The molecule has 1 N–H and O–H groups in total. The Kier molecular flexibility index (Phi) is 5.10. The van der Waals surface area contributed by atoms with Crippen molar-refractivity contribution in [1.82, 2.24) is 10.1 Å².